The Kier molecular flexibility index (Phi) is 8.37. The van der Waals surface area contributed by atoms with Crippen LogP contribution in [0.1, 0.15) is 69.3 Å². The van der Waals surface area contributed by atoms with Crippen molar-refractivity contribution < 1.29 is 18.7 Å². The maximum absolute atomic E-state index is 14.1. The highest BCUT2D eigenvalue weighted by molar-refractivity contribution is 6.07. The third kappa shape index (κ3) is 6.46. The van der Waals surface area contributed by atoms with E-state index in [1.54, 1.807) is 13.0 Å². The maximum atomic E-state index is 14.1. The number of rotatable bonds is 9. The zero-order chi connectivity index (χ0) is 28.2. The molecule has 2 fully saturated rings. The molecule has 2 aliphatic rings. The van der Waals surface area contributed by atoms with E-state index in [1.165, 1.54) is 49.8 Å². The lowest BCUT2D eigenvalue weighted by atomic mass is 10.0. The van der Waals surface area contributed by atoms with Crippen molar-refractivity contribution in [2.75, 3.05) is 38.5 Å². The molecule has 0 unspecified atom stereocenters. The van der Waals surface area contributed by atoms with Crippen LogP contribution in [0, 0.1) is 12.7 Å². The number of aryl methyl sites for hydroxylation is 1. The normalized spacial score (nSPS) is 18.1. The Balaban J connectivity index is 1.45. The molecule has 5 rings (SSSR count). The lowest BCUT2D eigenvalue weighted by Gasteiger charge is -2.34. The Morgan fingerprint density at radius 3 is 2.67 bits per heavy atom. The number of carbonyl (C=O) groups is 2. The number of pyridine rings is 2. The number of halogens is 1. The van der Waals surface area contributed by atoms with E-state index in [1.807, 2.05) is 12.3 Å². The number of nitrogens with zero attached hydrogens (tertiary/aromatic N) is 3. The minimum Gasteiger partial charge on any atom is -0.482 e. The predicted molar refractivity (Wildman–Crippen MR) is 150 cm³/mol. The smallest absolute Gasteiger partial charge is 0.257 e. The van der Waals surface area contributed by atoms with Crippen LogP contribution in [0.2, 0.25) is 0 Å². The van der Waals surface area contributed by atoms with E-state index < -0.39 is 23.7 Å². The Morgan fingerprint density at radius 2 is 2.00 bits per heavy atom. The second-order valence-electron chi connectivity index (χ2n) is 10.5. The first-order valence-electron chi connectivity index (χ1n) is 13.7. The van der Waals surface area contributed by atoms with Gasteiger partial charge >= 0.3 is 0 Å². The zero-order valence-electron chi connectivity index (χ0n) is 23.0. The molecule has 0 spiro atoms. The summed E-state index contributed by atoms with van der Waals surface area (Å²) in [6, 6.07) is 10.3. The molecule has 1 aliphatic heterocycles. The van der Waals surface area contributed by atoms with Gasteiger partial charge in [0.25, 0.3) is 11.8 Å². The van der Waals surface area contributed by atoms with Gasteiger partial charge in [-0.15, -0.1) is 0 Å². The summed E-state index contributed by atoms with van der Waals surface area (Å²) in [5, 5.41) is 8.59. The molecule has 1 aromatic carbocycles. The van der Waals surface area contributed by atoms with Gasteiger partial charge in [0.2, 0.25) is 0 Å². The van der Waals surface area contributed by atoms with E-state index >= 15 is 0 Å². The Bertz CT molecular complexity index is 1380. The van der Waals surface area contributed by atoms with Crippen LogP contribution in [0.5, 0.6) is 5.75 Å². The fourth-order valence-electron chi connectivity index (χ4n) is 5.01. The summed E-state index contributed by atoms with van der Waals surface area (Å²) in [6.45, 7) is 7.11. The molecule has 2 atom stereocenters. The fourth-order valence-corrected chi connectivity index (χ4v) is 5.01. The molecular formula is C30H35FN6O3. The summed E-state index contributed by atoms with van der Waals surface area (Å²) >= 11 is 0. The van der Waals surface area contributed by atoms with Crippen molar-refractivity contribution in [3.05, 3.63) is 82.6 Å². The highest BCUT2D eigenvalue weighted by Crippen LogP contribution is 2.40. The molecule has 1 aliphatic carbocycles. The van der Waals surface area contributed by atoms with Crippen LogP contribution in [-0.2, 0) is 0 Å². The SMILES string of the molecule is CNC(=O)c1cc(C(=O)Nc2ncccc2F)c(C)cc1O[C@H](CN1CCN[C@H](C)C1)c1ccc(C2CC2)cn1. The number of piperazine rings is 1. The first kappa shape index (κ1) is 27.7. The number of anilines is 1. The van der Waals surface area contributed by atoms with Crippen molar-refractivity contribution in [3.63, 3.8) is 0 Å². The molecular weight excluding hydrogens is 511 g/mol. The number of nitrogens with one attached hydrogen (secondary N) is 3. The van der Waals surface area contributed by atoms with E-state index in [-0.39, 0.29) is 16.9 Å². The molecule has 1 saturated heterocycles. The molecule has 2 aromatic heterocycles. The first-order valence-corrected chi connectivity index (χ1v) is 13.7. The first-order chi connectivity index (χ1) is 19.3. The summed E-state index contributed by atoms with van der Waals surface area (Å²) in [4.78, 5) is 37.0. The van der Waals surface area contributed by atoms with Gasteiger partial charge in [0, 0.05) is 57.2 Å². The standard InChI is InChI=1S/C30H35FN6O3/c1-18-13-26(23(29(38)32-3)14-22(18)30(39)36-28-24(31)5-4-10-34-28)40-27(17-37-12-11-33-19(2)16-37)25-9-8-21(15-35-25)20-6-7-20/h4-5,8-10,13-15,19-20,27,33H,6-7,11-12,16-17H2,1-3H3,(H,32,38)(H,34,36,39)/t19-,27-/m1/s1. The van der Waals surface area contributed by atoms with Crippen LogP contribution >= 0.6 is 0 Å². The molecule has 0 bridgehead atoms. The van der Waals surface area contributed by atoms with Gasteiger partial charge in [-0.3, -0.25) is 19.5 Å². The van der Waals surface area contributed by atoms with Crippen LogP contribution in [0.4, 0.5) is 10.2 Å². The second kappa shape index (κ2) is 12.1. The third-order valence-electron chi connectivity index (χ3n) is 7.37. The summed E-state index contributed by atoms with van der Waals surface area (Å²) < 4.78 is 20.7. The number of benzene rings is 1. The quantitative estimate of drug-likeness (QED) is 0.374. The van der Waals surface area contributed by atoms with Gasteiger partial charge in [-0.2, -0.15) is 0 Å². The lowest BCUT2D eigenvalue weighted by Crippen LogP contribution is -2.50. The van der Waals surface area contributed by atoms with E-state index in [0.29, 0.717) is 29.8 Å². The van der Waals surface area contributed by atoms with Crippen LogP contribution in [0.3, 0.4) is 0 Å². The molecule has 9 nitrogen and oxygen atoms in total. The molecule has 1 saturated carbocycles. The van der Waals surface area contributed by atoms with Crippen LogP contribution in [-0.4, -0.2) is 66.0 Å². The van der Waals surface area contributed by atoms with Crippen molar-refractivity contribution in [1.82, 2.24) is 25.5 Å². The average molecular weight is 547 g/mol. The number of ether oxygens (including phenoxy) is 1. The van der Waals surface area contributed by atoms with Crippen molar-refractivity contribution in [2.45, 2.75) is 44.8 Å². The molecule has 3 heterocycles. The van der Waals surface area contributed by atoms with Crippen LogP contribution in [0.25, 0.3) is 0 Å². The highest BCUT2D eigenvalue weighted by atomic mass is 19.1. The Hall–Kier alpha value is -3.89. The third-order valence-corrected chi connectivity index (χ3v) is 7.37. The maximum Gasteiger partial charge on any atom is 0.257 e. The number of carbonyl (C=O) groups excluding carboxylic acids is 2. The van der Waals surface area contributed by atoms with Crippen molar-refractivity contribution in [1.29, 1.82) is 0 Å². The molecule has 10 heteroatoms. The van der Waals surface area contributed by atoms with E-state index in [2.05, 4.69) is 38.8 Å². The van der Waals surface area contributed by atoms with E-state index in [0.717, 1.165) is 25.3 Å². The number of aromatic nitrogens is 2. The lowest BCUT2D eigenvalue weighted by molar-refractivity contribution is 0.0935. The minimum atomic E-state index is -0.648. The van der Waals surface area contributed by atoms with Crippen LogP contribution < -0.4 is 20.7 Å². The van der Waals surface area contributed by atoms with Gasteiger partial charge in [-0.05, 0) is 74.1 Å². The fraction of sp³-hybridized carbons (Fsp3) is 0.400. The average Bonchev–Trinajstić information content (AvgIpc) is 3.79. The predicted octanol–water partition coefficient (Wildman–Crippen LogP) is 3.83. The van der Waals surface area contributed by atoms with Crippen molar-refractivity contribution >= 4 is 17.6 Å². The number of amides is 2. The Labute approximate surface area is 233 Å². The summed E-state index contributed by atoms with van der Waals surface area (Å²) in [5.74, 6) is -0.866. The topological polar surface area (TPSA) is 108 Å². The van der Waals surface area contributed by atoms with Crippen molar-refractivity contribution in [2.24, 2.45) is 0 Å². The highest BCUT2D eigenvalue weighted by Gasteiger charge is 2.28. The molecule has 0 radical (unpaired) electrons. The molecule has 3 aromatic rings. The minimum absolute atomic E-state index is 0.181. The summed E-state index contributed by atoms with van der Waals surface area (Å²) in [5.41, 5.74) is 3.01. The molecule has 3 N–H and O–H groups in total. The summed E-state index contributed by atoms with van der Waals surface area (Å²) in [7, 11) is 1.52. The van der Waals surface area contributed by atoms with Gasteiger partial charge in [-0.1, -0.05) is 6.07 Å². The van der Waals surface area contributed by atoms with Gasteiger partial charge in [-0.25, -0.2) is 9.37 Å². The van der Waals surface area contributed by atoms with Gasteiger partial charge in [0.1, 0.15) is 5.75 Å². The van der Waals surface area contributed by atoms with E-state index in [9.17, 15) is 14.0 Å². The van der Waals surface area contributed by atoms with E-state index in [4.69, 9.17) is 9.72 Å². The number of hydrogen-bond donors (Lipinski definition) is 3. The molecule has 2 amide bonds. The summed E-state index contributed by atoms with van der Waals surface area (Å²) in [6.07, 6.45) is 5.27. The largest absolute Gasteiger partial charge is 0.482 e. The van der Waals surface area contributed by atoms with Crippen LogP contribution in [0.15, 0.2) is 48.8 Å². The van der Waals surface area contributed by atoms with Gasteiger partial charge in [0.05, 0.1) is 11.3 Å². The number of hydrogen-bond acceptors (Lipinski definition) is 7. The van der Waals surface area contributed by atoms with Gasteiger partial charge < -0.3 is 20.7 Å². The van der Waals surface area contributed by atoms with Crippen molar-refractivity contribution in [3.8, 4) is 5.75 Å². The molecule has 40 heavy (non-hydrogen) atoms. The zero-order valence-corrected chi connectivity index (χ0v) is 23.0. The monoisotopic (exact) mass is 546 g/mol. The molecule has 210 valence electrons. The Morgan fingerprint density at radius 1 is 1.18 bits per heavy atom. The van der Waals surface area contributed by atoms with Gasteiger partial charge in [0.15, 0.2) is 17.7 Å². The second-order valence-corrected chi connectivity index (χ2v) is 10.5.